The van der Waals surface area contributed by atoms with Crippen molar-refractivity contribution in [2.75, 3.05) is 6.61 Å². The van der Waals surface area contributed by atoms with Crippen LogP contribution in [0.5, 0.6) is 0 Å². The molecule has 0 saturated heterocycles. The quantitative estimate of drug-likeness (QED) is 0.813. The van der Waals surface area contributed by atoms with Gasteiger partial charge in [-0.2, -0.15) is 0 Å². The van der Waals surface area contributed by atoms with Gasteiger partial charge in [-0.15, -0.1) is 0 Å². The Hall–Kier alpha value is -1.35. The van der Waals surface area contributed by atoms with E-state index in [1.165, 1.54) is 0 Å². The summed E-state index contributed by atoms with van der Waals surface area (Å²) < 4.78 is 0. The normalized spacial score (nSPS) is 12.6. The Morgan fingerprint density at radius 2 is 1.88 bits per heavy atom. The number of rotatable bonds is 4. The van der Waals surface area contributed by atoms with Crippen LogP contribution in [0.25, 0.3) is 0 Å². The number of hydrogen-bond donors (Lipinski definition) is 2. The van der Waals surface area contributed by atoms with Crippen molar-refractivity contribution in [3.63, 3.8) is 0 Å². The average Bonchev–Trinajstić information content (AvgIpc) is 2.26. The van der Waals surface area contributed by atoms with Crippen molar-refractivity contribution in [1.29, 1.82) is 0 Å². The van der Waals surface area contributed by atoms with Gasteiger partial charge in [0.2, 0.25) is 0 Å². The third kappa shape index (κ3) is 3.35. The molecule has 0 saturated carbocycles. The first-order valence-corrected chi connectivity index (χ1v) is 5.53. The van der Waals surface area contributed by atoms with Crippen molar-refractivity contribution in [3.05, 3.63) is 35.4 Å². The van der Waals surface area contributed by atoms with Crippen LogP contribution in [0.15, 0.2) is 24.3 Å². The van der Waals surface area contributed by atoms with Crippen LogP contribution in [-0.4, -0.2) is 23.7 Å². The molecule has 1 atom stereocenters. The molecule has 3 heteroatoms. The lowest BCUT2D eigenvalue weighted by molar-refractivity contribution is 0.0897. The number of aliphatic hydroxyl groups is 1. The van der Waals surface area contributed by atoms with Crippen molar-refractivity contribution in [2.24, 2.45) is 5.92 Å². The van der Waals surface area contributed by atoms with Gasteiger partial charge in [0.1, 0.15) is 0 Å². The van der Waals surface area contributed by atoms with E-state index in [1.54, 1.807) is 12.1 Å². The molecule has 0 radical (unpaired) electrons. The van der Waals surface area contributed by atoms with Crippen LogP contribution in [0.1, 0.15) is 29.8 Å². The number of carbonyl (C=O) groups excluding carboxylic acids is 1. The maximum Gasteiger partial charge on any atom is 0.251 e. The molecule has 1 aromatic rings. The molecule has 0 aliphatic carbocycles. The Morgan fingerprint density at radius 3 is 2.31 bits per heavy atom. The zero-order valence-corrected chi connectivity index (χ0v) is 10.0. The van der Waals surface area contributed by atoms with Crippen LogP contribution in [0, 0.1) is 12.8 Å². The van der Waals surface area contributed by atoms with Crippen molar-refractivity contribution in [2.45, 2.75) is 26.8 Å². The molecule has 0 spiro atoms. The lowest BCUT2D eigenvalue weighted by Gasteiger charge is -2.19. The molecule has 16 heavy (non-hydrogen) atoms. The van der Waals surface area contributed by atoms with E-state index in [-0.39, 0.29) is 24.5 Å². The van der Waals surface area contributed by atoms with Crippen LogP contribution < -0.4 is 5.32 Å². The monoisotopic (exact) mass is 221 g/mol. The first kappa shape index (κ1) is 12.7. The molecule has 1 unspecified atom stereocenters. The molecule has 0 fully saturated rings. The molecule has 1 rings (SSSR count). The van der Waals surface area contributed by atoms with E-state index in [9.17, 15) is 4.79 Å². The van der Waals surface area contributed by atoms with E-state index in [2.05, 4.69) is 5.32 Å². The minimum atomic E-state index is -0.186. The number of carbonyl (C=O) groups is 1. The Balaban J connectivity index is 2.68. The third-order valence-electron chi connectivity index (χ3n) is 2.63. The highest BCUT2D eigenvalue weighted by Crippen LogP contribution is 2.06. The SMILES string of the molecule is Cc1ccc(C(=O)NC(CO)C(C)C)cc1. The fourth-order valence-corrected chi connectivity index (χ4v) is 1.38. The smallest absolute Gasteiger partial charge is 0.251 e. The molecule has 2 N–H and O–H groups in total. The lowest BCUT2D eigenvalue weighted by atomic mass is 10.0. The highest BCUT2D eigenvalue weighted by atomic mass is 16.3. The number of aryl methyl sites for hydroxylation is 1. The van der Waals surface area contributed by atoms with Gasteiger partial charge in [-0.05, 0) is 25.0 Å². The third-order valence-corrected chi connectivity index (χ3v) is 2.63. The standard InChI is InChI=1S/C13H19NO2/c1-9(2)12(8-15)14-13(16)11-6-4-10(3)5-7-11/h4-7,9,12,15H,8H2,1-3H3,(H,14,16). The Bertz CT molecular complexity index is 343. The Morgan fingerprint density at radius 1 is 1.31 bits per heavy atom. The zero-order valence-electron chi connectivity index (χ0n) is 10.0. The van der Waals surface area contributed by atoms with Crippen LogP contribution in [-0.2, 0) is 0 Å². The molecular weight excluding hydrogens is 202 g/mol. The van der Waals surface area contributed by atoms with Crippen LogP contribution in [0.2, 0.25) is 0 Å². The number of aliphatic hydroxyl groups excluding tert-OH is 1. The van der Waals surface area contributed by atoms with Gasteiger partial charge in [0, 0.05) is 5.56 Å². The van der Waals surface area contributed by atoms with E-state index in [4.69, 9.17) is 5.11 Å². The maximum absolute atomic E-state index is 11.8. The van der Waals surface area contributed by atoms with Crippen molar-refractivity contribution >= 4 is 5.91 Å². The summed E-state index contributed by atoms with van der Waals surface area (Å²) in [4.78, 5) is 11.8. The van der Waals surface area contributed by atoms with E-state index in [0.717, 1.165) is 5.56 Å². The fraction of sp³-hybridized carbons (Fsp3) is 0.462. The molecule has 0 aromatic heterocycles. The van der Waals surface area contributed by atoms with Crippen molar-refractivity contribution in [3.8, 4) is 0 Å². The first-order valence-electron chi connectivity index (χ1n) is 5.53. The number of benzene rings is 1. The number of amides is 1. The Kier molecular flexibility index (Phi) is 4.50. The Labute approximate surface area is 96.5 Å². The van der Waals surface area contributed by atoms with Gasteiger partial charge < -0.3 is 10.4 Å². The van der Waals surface area contributed by atoms with Gasteiger partial charge >= 0.3 is 0 Å². The summed E-state index contributed by atoms with van der Waals surface area (Å²) in [6.45, 7) is 5.88. The average molecular weight is 221 g/mol. The summed E-state index contributed by atoms with van der Waals surface area (Å²) >= 11 is 0. The summed E-state index contributed by atoms with van der Waals surface area (Å²) in [5.41, 5.74) is 1.75. The molecule has 1 amide bonds. The van der Waals surface area contributed by atoms with Gasteiger partial charge in [-0.25, -0.2) is 0 Å². The number of hydrogen-bond acceptors (Lipinski definition) is 2. The molecule has 0 aliphatic rings. The number of nitrogens with one attached hydrogen (secondary N) is 1. The molecular formula is C13H19NO2. The molecule has 3 nitrogen and oxygen atoms in total. The van der Waals surface area contributed by atoms with Crippen molar-refractivity contribution in [1.82, 2.24) is 5.32 Å². The highest BCUT2D eigenvalue weighted by molar-refractivity contribution is 5.94. The summed E-state index contributed by atoms with van der Waals surface area (Å²) in [6, 6.07) is 7.20. The van der Waals surface area contributed by atoms with Crippen LogP contribution in [0.3, 0.4) is 0 Å². The van der Waals surface area contributed by atoms with E-state index < -0.39 is 0 Å². The van der Waals surface area contributed by atoms with Gasteiger partial charge in [0.25, 0.3) is 5.91 Å². The molecule has 0 aliphatic heterocycles. The second-order valence-electron chi connectivity index (χ2n) is 4.37. The van der Waals surface area contributed by atoms with Gasteiger partial charge in [0.15, 0.2) is 0 Å². The molecule has 1 aromatic carbocycles. The van der Waals surface area contributed by atoms with Crippen molar-refractivity contribution < 1.29 is 9.90 Å². The first-order chi connectivity index (χ1) is 7.54. The van der Waals surface area contributed by atoms with E-state index in [0.29, 0.717) is 5.56 Å². The summed E-state index contributed by atoms with van der Waals surface area (Å²) in [5, 5.41) is 11.9. The van der Waals surface area contributed by atoms with Gasteiger partial charge in [0.05, 0.1) is 12.6 Å². The predicted octanol–water partition coefficient (Wildman–Crippen LogP) is 1.74. The molecule has 88 valence electrons. The van der Waals surface area contributed by atoms with Crippen LogP contribution in [0.4, 0.5) is 0 Å². The largest absolute Gasteiger partial charge is 0.394 e. The second-order valence-corrected chi connectivity index (χ2v) is 4.37. The predicted molar refractivity (Wildman–Crippen MR) is 64.4 cm³/mol. The van der Waals surface area contributed by atoms with Gasteiger partial charge in [-0.3, -0.25) is 4.79 Å². The second kappa shape index (κ2) is 5.66. The van der Waals surface area contributed by atoms with Gasteiger partial charge in [-0.1, -0.05) is 31.5 Å². The highest BCUT2D eigenvalue weighted by Gasteiger charge is 2.15. The minimum absolute atomic E-state index is 0.0325. The summed E-state index contributed by atoms with van der Waals surface area (Å²) in [5.74, 6) is 0.0900. The molecule has 0 bridgehead atoms. The lowest BCUT2D eigenvalue weighted by Crippen LogP contribution is -2.41. The maximum atomic E-state index is 11.8. The van der Waals surface area contributed by atoms with E-state index >= 15 is 0 Å². The fourth-order valence-electron chi connectivity index (χ4n) is 1.38. The minimum Gasteiger partial charge on any atom is -0.394 e. The topological polar surface area (TPSA) is 49.3 Å². The zero-order chi connectivity index (χ0) is 12.1. The molecule has 0 heterocycles. The van der Waals surface area contributed by atoms with Crippen LogP contribution >= 0.6 is 0 Å². The summed E-state index contributed by atoms with van der Waals surface area (Å²) in [7, 11) is 0. The van der Waals surface area contributed by atoms with E-state index in [1.807, 2.05) is 32.9 Å². The summed E-state index contributed by atoms with van der Waals surface area (Å²) in [6.07, 6.45) is 0.